The van der Waals surface area contributed by atoms with E-state index in [4.69, 9.17) is 4.42 Å². The Labute approximate surface area is 165 Å². The second kappa shape index (κ2) is 7.12. The summed E-state index contributed by atoms with van der Waals surface area (Å²) in [5.74, 6) is 0.283. The molecule has 4 rings (SSSR count). The summed E-state index contributed by atoms with van der Waals surface area (Å²) in [4.78, 5) is 12.3. The van der Waals surface area contributed by atoms with E-state index in [-0.39, 0.29) is 11.5 Å². The lowest BCUT2D eigenvalue weighted by Crippen LogP contribution is -2.02. The first-order chi connectivity index (χ1) is 13.4. The average molecular weight is 368 g/mol. The molecule has 1 heterocycles. The summed E-state index contributed by atoms with van der Waals surface area (Å²) < 4.78 is 5.65. The molecule has 2 nitrogen and oxygen atoms in total. The smallest absolute Gasteiger partial charge is 0.336 e. The molecule has 0 aliphatic heterocycles. The molecule has 0 saturated carbocycles. The molecule has 0 atom stereocenters. The zero-order chi connectivity index (χ0) is 19.8. The van der Waals surface area contributed by atoms with Gasteiger partial charge in [0.05, 0.1) is 0 Å². The molecule has 4 aromatic rings. The van der Waals surface area contributed by atoms with Crippen LogP contribution in [0.25, 0.3) is 33.2 Å². The van der Waals surface area contributed by atoms with Crippen LogP contribution in [0.15, 0.2) is 75.9 Å². The van der Waals surface area contributed by atoms with E-state index in [0.29, 0.717) is 5.58 Å². The minimum absolute atomic E-state index is 0.283. The van der Waals surface area contributed by atoms with E-state index in [0.717, 1.165) is 33.2 Å². The Morgan fingerprint density at radius 3 is 1.93 bits per heavy atom. The molecule has 140 valence electrons. The molecule has 0 fully saturated rings. The Hall–Kier alpha value is -3.13. The van der Waals surface area contributed by atoms with E-state index in [1.807, 2.05) is 0 Å². The van der Waals surface area contributed by atoms with Crippen molar-refractivity contribution in [3.8, 4) is 22.3 Å². The van der Waals surface area contributed by atoms with Crippen LogP contribution in [0.4, 0.5) is 0 Å². The van der Waals surface area contributed by atoms with E-state index in [1.165, 1.54) is 11.1 Å². The quantitative estimate of drug-likeness (QED) is 0.369. The Morgan fingerprint density at radius 2 is 1.32 bits per heavy atom. The van der Waals surface area contributed by atoms with Gasteiger partial charge in [0.1, 0.15) is 5.58 Å². The maximum absolute atomic E-state index is 12.3. The summed E-state index contributed by atoms with van der Waals surface area (Å²) in [5, 5.41) is 1.02. The third-order valence-electron chi connectivity index (χ3n) is 5.33. The number of aryl methyl sites for hydroxylation is 2. The monoisotopic (exact) mass is 368 g/mol. The van der Waals surface area contributed by atoms with Crippen molar-refractivity contribution in [1.82, 2.24) is 0 Å². The molecule has 0 unspecified atom stereocenters. The SMILES string of the molecule is Cc1ccc(-c2ccc(-c3cc(=O)oc4c(C(C)C)ccc(C)c34)cc2)cc1. The van der Waals surface area contributed by atoms with Gasteiger partial charge in [-0.05, 0) is 47.6 Å². The highest BCUT2D eigenvalue weighted by Crippen LogP contribution is 2.35. The second-order valence-electron chi connectivity index (χ2n) is 7.75. The lowest BCUT2D eigenvalue weighted by atomic mass is 9.92. The van der Waals surface area contributed by atoms with Gasteiger partial charge in [0.25, 0.3) is 0 Å². The fourth-order valence-corrected chi connectivity index (χ4v) is 3.73. The van der Waals surface area contributed by atoms with Crippen molar-refractivity contribution in [3.05, 3.63) is 93.8 Å². The Morgan fingerprint density at radius 1 is 0.750 bits per heavy atom. The highest BCUT2D eigenvalue weighted by molar-refractivity contribution is 5.97. The van der Waals surface area contributed by atoms with Crippen LogP contribution in [0.1, 0.15) is 36.5 Å². The predicted molar refractivity (Wildman–Crippen MR) is 117 cm³/mol. The van der Waals surface area contributed by atoms with Crippen LogP contribution in [-0.2, 0) is 0 Å². The molecular formula is C26H24O2. The van der Waals surface area contributed by atoms with Crippen LogP contribution in [0.2, 0.25) is 0 Å². The summed E-state index contributed by atoms with van der Waals surface area (Å²) in [6.07, 6.45) is 0. The average Bonchev–Trinajstić information content (AvgIpc) is 2.68. The van der Waals surface area contributed by atoms with Crippen molar-refractivity contribution in [2.24, 2.45) is 0 Å². The molecule has 0 aliphatic carbocycles. The molecule has 0 amide bonds. The van der Waals surface area contributed by atoms with Crippen LogP contribution < -0.4 is 5.63 Å². The molecule has 0 bridgehead atoms. The second-order valence-corrected chi connectivity index (χ2v) is 7.75. The maximum atomic E-state index is 12.3. The largest absolute Gasteiger partial charge is 0.422 e. The van der Waals surface area contributed by atoms with Crippen LogP contribution in [0.3, 0.4) is 0 Å². The van der Waals surface area contributed by atoms with Crippen molar-refractivity contribution in [2.75, 3.05) is 0 Å². The van der Waals surface area contributed by atoms with Crippen LogP contribution in [-0.4, -0.2) is 0 Å². The molecule has 3 aromatic carbocycles. The molecule has 0 aliphatic rings. The van der Waals surface area contributed by atoms with Crippen LogP contribution in [0.5, 0.6) is 0 Å². The van der Waals surface area contributed by atoms with E-state index in [1.54, 1.807) is 6.07 Å². The van der Waals surface area contributed by atoms with Crippen molar-refractivity contribution in [1.29, 1.82) is 0 Å². The molecule has 0 N–H and O–H groups in total. The van der Waals surface area contributed by atoms with Gasteiger partial charge in [0.15, 0.2) is 0 Å². The topological polar surface area (TPSA) is 30.2 Å². The van der Waals surface area contributed by atoms with Crippen molar-refractivity contribution in [3.63, 3.8) is 0 Å². The van der Waals surface area contributed by atoms with Gasteiger partial charge in [-0.25, -0.2) is 4.79 Å². The lowest BCUT2D eigenvalue weighted by Gasteiger charge is -2.14. The summed E-state index contributed by atoms with van der Waals surface area (Å²) >= 11 is 0. The van der Waals surface area contributed by atoms with Crippen molar-refractivity contribution >= 4 is 11.0 Å². The number of benzene rings is 3. The first-order valence-corrected chi connectivity index (χ1v) is 9.69. The predicted octanol–water partition coefficient (Wildman–Crippen LogP) is 6.87. The zero-order valence-corrected chi connectivity index (χ0v) is 16.7. The van der Waals surface area contributed by atoms with Gasteiger partial charge in [-0.15, -0.1) is 0 Å². The van der Waals surface area contributed by atoms with Crippen LogP contribution >= 0.6 is 0 Å². The Balaban J connectivity index is 1.88. The van der Waals surface area contributed by atoms with Crippen molar-refractivity contribution in [2.45, 2.75) is 33.6 Å². The van der Waals surface area contributed by atoms with E-state index in [9.17, 15) is 4.79 Å². The molecular weight excluding hydrogens is 344 g/mol. The maximum Gasteiger partial charge on any atom is 0.336 e. The minimum atomic E-state index is -0.308. The molecule has 0 radical (unpaired) electrons. The third-order valence-corrected chi connectivity index (χ3v) is 5.33. The molecule has 1 aromatic heterocycles. The Bertz CT molecular complexity index is 1190. The number of fused-ring (bicyclic) bond motifs is 1. The normalized spacial score (nSPS) is 11.3. The van der Waals surface area contributed by atoms with Gasteiger partial charge in [0.2, 0.25) is 0 Å². The van der Waals surface area contributed by atoms with E-state index in [2.05, 4.69) is 88.4 Å². The number of rotatable bonds is 3. The van der Waals surface area contributed by atoms with Crippen LogP contribution in [0, 0.1) is 13.8 Å². The first kappa shape index (κ1) is 18.2. The summed E-state index contributed by atoms with van der Waals surface area (Å²) in [7, 11) is 0. The molecule has 28 heavy (non-hydrogen) atoms. The standard InChI is InChI=1S/C26H24O2/c1-16(2)22-14-7-18(4)25-23(15-24(27)28-26(22)25)21-12-10-20(11-13-21)19-8-5-17(3)6-9-19/h5-16H,1-4H3. The Kier molecular flexibility index (Phi) is 4.64. The van der Waals surface area contributed by atoms with E-state index < -0.39 is 0 Å². The summed E-state index contributed by atoms with van der Waals surface area (Å²) in [6.45, 7) is 8.39. The van der Waals surface area contributed by atoms with Gasteiger partial charge in [-0.1, -0.05) is 80.1 Å². The van der Waals surface area contributed by atoms with Gasteiger partial charge < -0.3 is 4.42 Å². The zero-order valence-electron chi connectivity index (χ0n) is 16.7. The lowest BCUT2D eigenvalue weighted by molar-refractivity contribution is 0.554. The van der Waals surface area contributed by atoms with E-state index >= 15 is 0 Å². The van der Waals surface area contributed by atoms with Gasteiger partial charge >= 0.3 is 5.63 Å². The summed E-state index contributed by atoms with van der Waals surface area (Å²) in [6, 6.07) is 22.7. The molecule has 0 spiro atoms. The fraction of sp³-hybridized carbons (Fsp3) is 0.192. The summed E-state index contributed by atoms with van der Waals surface area (Å²) in [5.41, 5.74) is 8.14. The molecule has 2 heteroatoms. The fourth-order valence-electron chi connectivity index (χ4n) is 3.73. The van der Waals surface area contributed by atoms with Gasteiger partial charge in [0, 0.05) is 17.0 Å². The highest BCUT2D eigenvalue weighted by Gasteiger charge is 2.15. The van der Waals surface area contributed by atoms with Crippen molar-refractivity contribution < 1.29 is 4.42 Å². The molecule has 0 saturated heterocycles. The van der Waals surface area contributed by atoms with Gasteiger partial charge in [-0.3, -0.25) is 0 Å². The first-order valence-electron chi connectivity index (χ1n) is 9.69. The third kappa shape index (κ3) is 3.27. The minimum Gasteiger partial charge on any atom is -0.422 e. The number of hydrogen-bond acceptors (Lipinski definition) is 2. The number of hydrogen-bond donors (Lipinski definition) is 0. The highest BCUT2D eigenvalue weighted by atomic mass is 16.4. The van der Waals surface area contributed by atoms with Gasteiger partial charge in [-0.2, -0.15) is 0 Å².